The molecule has 0 bridgehead atoms. The van der Waals surface area contributed by atoms with Gasteiger partial charge in [-0.1, -0.05) is 31.9 Å². The van der Waals surface area contributed by atoms with Crippen molar-refractivity contribution in [2.24, 2.45) is 0 Å². The molecule has 0 rings (SSSR count). The molecule has 0 radical (unpaired) electrons. The van der Waals surface area contributed by atoms with E-state index >= 15 is 0 Å². The van der Waals surface area contributed by atoms with Gasteiger partial charge in [0.25, 0.3) is 0 Å². The molecule has 0 unspecified atom stereocenters. The van der Waals surface area contributed by atoms with E-state index in [1.54, 1.807) is 0 Å². The fourth-order valence-corrected chi connectivity index (χ4v) is 0.983. The average Bonchev–Trinajstić information content (AvgIpc) is 2.01. The number of nitriles is 1. The highest BCUT2D eigenvalue weighted by Gasteiger charge is 1.93. The fraction of sp³-hybridized carbons (Fsp3) is 0.700. The fourth-order valence-electron chi connectivity index (χ4n) is 0.983. The van der Waals surface area contributed by atoms with Crippen molar-refractivity contribution in [2.45, 2.75) is 45.4 Å². The van der Waals surface area contributed by atoms with Crippen molar-refractivity contribution in [1.29, 1.82) is 5.26 Å². The van der Waals surface area contributed by atoms with Crippen LogP contribution in [0.3, 0.4) is 0 Å². The highest BCUT2D eigenvalue weighted by atomic mass is 14.2. The zero-order valence-corrected chi connectivity index (χ0v) is 7.40. The molecule has 11 heavy (non-hydrogen) atoms. The lowest BCUT2D eigenvalue weighted by molar-refractivity contribution is 0.699. The SMILES string of the molecule is C=C(CCC#N)CCCCC. The molecule has 0 N–H and O–H groups in total. The van der Waals surface area contributed by atoms with Crippen LogP contribution in [-0.4, -0.2) is 0 Å². The van der Waals surface area contributed by atoms with Gasteiger partial charge in [-0.3, -0.25) is 0 Å². The Morgan fingerprint density at radius 1 is 1.36 bits per heavy atom. The third kappa shape index (κ3) is 7.12. The Labute approximate surface area is 69.7 Å². The molecule has 0 aromatic heterocycles. The summed E-state index contributed by atoms with van der Waals surface area (Å²) in [5.41, 5.74) is 1.24. The van der Waals surface area contributed by atoms with Crippen molar-refractivity contribution in [3.8, 4) is 6.07 Å². The second kappa shape index (κ2) is 7.34. The molecular weight excluding hydrogens is 134 g/mol. The van der Waals surface area contributed by atoms with E-state index in [4.69, 9.17) is 5.26 Å². The van der Waals surface area contributed by atoms with E-state index in [1.165, 1.54) is 24.8 Å². The smallest absolute Gasteiger partial charge is 0.0625 e. The first-order valence-electron chi connectivity index (χ1n) is 4.34. The molecule has 0 atom stereocenters. The summed E-state index contributed by atoms with van der Waals surface area (Å²) in [6, 6.07) is 2.13. The van der Waals surface area contributed by atoms with Crippen molar-refractivity contribution in [1.82, 2.24) is 0 Å². The van der Waals surface area contributed by atoms with Gasteiger partial charge in [-0.25, -0.2) is 0 Å². The zero-order valence-electron chi connectivity index (χ0n) is 7.40. The standard InChI is InChI=1S/C10H17N/c1-3-4-5-7-10(2)8-6-9-11/h2-8H2,1H3. The molecule has 0 aliphatic carbocycles. The van der Waals surface area contributed by atoms with E-state index in [2.05, 4.69) is 19.6 Å². The van der Waals surface area contributed by atoms with Crippen LogP contribution >= 0.6 is 0 Å². The molecule has 62 valence electrons. The van der Waals surface area contributed by atoms with Crippen LogP contribution in [0.15, 0.2) is 12.2 Å². The van der Waals surface area contributed by atoms with Crippen molar-refractivity contribution < 1.29 is 0 Å². The maximum atomic E-state index is 8.30. The first-order chi connectivity index (χ1) is 5.31. The van der Waals surface area contributed by atoms with Crippen LogP contribution in [0, 0.1) is 11.3 Å². The highest BCUT2D eigenvalue weighted by molar-refractivity contribution is 4.96. The van der Waals surface area contributed by atoms with Crippen molar-refractivity contribution in [2.75, 3.05) is 0 Å². The minimum atomic E-state index is 0.630. The predicted molar refractivity (Wildman–Crippen MR) is 48.1 cm³/mol. The average molecular weight is 151 g/mol. The maximum absolute atomic E-state index is 8.30. The Kier molecular flexibility index (Phi) is 6.82. The molecule has 0 aliphatic heterocycles. The summed E-state index contributed by atoms with van der Waals surface area (Å²) in [6.07, 6.45) is 6.40. The third-order valence-electron chi connectivity index (χ3n) is 1.72. The van der Waals surface area contributed by atoms with Crippen molar-refractivity contribution in [3.63, 3.8) is 0 Å². The predicted octanol–water partition coefficient (Wildman–Crippen LogP) is 3.43. The topological polar surface area (TPSA) is 23.8 Å². The van der Waals surface area contributed by atoms with Gasteiger partial charge in [0.2, 0.25) is 0 Å². The summed E-state index contributed by atoms with van der Waals surface area (Å²) in [7, 11) is 0. The van der Waals surface area contributed by atoms with Gasteiger partial charge in [0.1, 0.15) is 0 Å². The molecule has 1 heteroatoms. The molecule has 0 amide bonds. The molecule has 0 aromatic rings. The van der Waals surface area contributed by atoms with Crippen LogP contribution in [0.1, 0.15) is 45.4 Å². The summed E-state index contributed by atoms with van der Waals surface area (Å²) < 4.78 is 0. The Balaban J connectivity index is 3.17. The number of nitrogens with zero attached hydrogens (tertiary/aromatic N) is 1. The molecule has 0 heterocycles. The van der Waals surface area contributed by atoms with Crippen LogP contribution in [0.2, 0.25) is 0 Å². The Hall–Kier alpha value is -0.770. The lowest BCUT2D eigenvalue weighted by atomic mass is 10.1. The monoisotopic (exact) mass is 151 g/mol. The van der Waals surface area contributed by atoms with Gasteiger partial charge in [-0.15, -0.1) is 0 Å². The number of hydrogen-bond acceptors (Lipinski definition) is 1. The van der Waals surface area contributed by atoms with Gasteiger partial charge < -0.3 is 0 Å². The maximum Gasteiger partial charge on any atom is 0.0625 e. The van der Waals surface area contributed by atoms with E-state index in [9.17, 15) is 0 Å². The number of hydrogen-bond donors (Lipinski definition) is 0. The van der Waals surface area contributed by atoms with Gasteiger partial charge >= 0.3 is 0 Å². The van der Waals surface area contributed by atoms with E-state index in [1.807, 2.05) is 0 Å². The van der Waals surface area contributed by atoms with E-state index in [-0.39, 0.29) is 0 Å². The second-order valence-electron chi connectivity index (χ2n) is 2.87. The first kappa shape index (κ1) is 10.2. The van der Waals surface area contributed by atoms with Gasteiger partial charge in [-0.2, -0.15) is 5.26 Å². The van der Waals surface area contributed by atoms with E-state index in [0.29, 0.717) is 6.42 Å². The number of rotatable bonds is 6. The van der Waals surface area contributed by atoms with E-state index < -0.39 is 0 Å². The molecule has 0 saturated carbocycles. The lowest BCUT2D eigenvalue weighted by Gasteiger charge is -2.00. The molecule has 0 saturated heterocycles. The van der Waals surface area contributed by atoms with Crippen molar-refractivity contribution >= 4 is 0 Å². The van der Waals surface area contributed by atoms with Crippen LogP contribution in [0.25, 0.3) is 0 Å². The largest absolute Gasteiger partial charge is 0.198 e. The third-order valence-corrected chi connectivity index (χ3v) is 1.72. The first-order valence-corrected chi connectivity index (χ1v) is 4.34. The summed E-state index contributed by atoms with van der Waals surface area (Å²) >= 11 is 0. The molecule has 0 fully saturated rings. The quantitative estimate of drug-likeness (QED) is 0.421. The second-order valence-corrected chi connectivity index (χ2v) is 2.87. The Morgan fingerprint density at radius 2 is 2.09 bits per heavy atom. The molecule has 0 aromatic carbocycles. The summed E-state index contributed by atoms with van der Waals surface area (Å²) in [5.74, 6) is 0. The Morgan fingerprint density at radius 3 is 2.64 bits per heavy atom. The van der Waals surface area contributed by atoms with Crippen LogP contribution in [-0.2, 0) is 0 Å². The summed E-state index contributed by atoms with van der Waals surface area (Å²) in [5, 5.41) is 8.30. The summed E-state index contributed by atoms with van der Waals surface area (Å²) in [6.45, 7) is 6.11. The van der Waals surface area contributed by atoms with Crippen molar-refractivity contribution in [3.05, 3.63) is 12.2 Å². The normalized spacial score (nSPS) is 9.09. The Bertz CT molecular complexity index is 141. The minimum Gasteiger partial charge on any atom is -0.198 e. The van der Waals surface area contributed by atoms with Crippen LogP contribution in [0.5, 0.6) is 0 Å². The van der Waals surface area contributed by atoms with Gasteiger partial charge in [0, 0.05) is 6.42 Å². The zero-order chi connectivity index (χ0) is 8.53. The van der Waals surface area contributed by atoms with Gasteiger partial charge in [0.05, 0.1) is 6.07 Å². The molecule has 1 nitrogen and oxygen atoms in total. The summed E-state index contributed by atoms with van der Waals surface area (Å²) in [4.78, 5) is 0. The minimum absolute atomic E-state index is 0.630. The molecule has 0 spiro atoms. The number of allylic oxidation sites excluding steroid dienone is 1. The number of unbranched alkanes of at least 4 members (excludes halogenated alkanes) is 2. The lowest BCUT2D eigenvalue weighted by Crippen LogP contribution is -1.82. The van der Waals surface area contributed by atoms with Crippen LogP contribution in [0.4, 0.5) is 0 Å². The van der Waals surface area contributed by atoms with Crippen LogP contribution < -0.4 is 0 Å². The molecular formula is C10H17N. The molecule has 0 aliphatic rings. The van der Waals surface area contributed by atoms with Gasteiger partial charge in [0.15, 0.2) is 0 Å². The van der Waals surface area contributed by atoms with E-state index in [0.717, 1.165) is 12.8 Å². The van der Waals surface area contributed by atoms with Gasteiger partial charge in [-0.05, 0) is 19.3 Å². The highest BCUT2D eigenvalue weighted by Crippen LogP contribution is 2.11.